The first kappa shape index (κ1) is 16.1. The molecule has 6 nitrogen and oxygen atoms in total. The molecule has 0 amide bonds. The Morgan fingerprint density at radius 1 is 1.40 bits per heavy atom. The smallest absolute Gasteiger partial charge is 0.161 e. The zero-order valence-corrected chi connectivity index (χ0v) is 12.2. The van der Waals surface area contributed by atoms with Gasteiger partial charge in [0.1, 0.15) is 12.4 Å². The van der Waals surface area contributed by atoms with Crippen molar-refractivity contribution in [3.63, 3.8) is 0 Å². The molecule has 0 aromatic heterocycles. The molecule has 0 saturated heterocycles. The van der Waals surface area contributed by atoms with E-state index in [0.29, 0.717) is 13.2 Å². The lowest BCUT2D eigenvalue weighted by atomic mass is 10.1. The molecule has 1 atom stereocenters. The number of oxime groups is 1. The standard InChI is InChI=1S/C14H23N3O3/c1-11(14(15)16-18)10-17(2)8-9-20-13-7-5-4-6-12(13)19-3/h4-7,11,18H,8-10H2,1-3H3,(H2,15,16). The Balaban J connectivity index is 2.37. The van der Waals surface area contributed by atoms with Gasteiger partial charge in [0, 0.05) is 19.0 Å². The van der Waals surface area contributed by atoms with Crippen molar-refractivity contribution in [1.29, 1.82) is 0 Å². The highest BCUT2D eigenvalue weighted by atomic mass is 16.5. The van der Waals surface area contributed by atoms with Crippen molar-refractivity contribution in [3.05, 3.63) is 24.3 Å². The lowest BCUT2D eigenvalue weighted by molar-refractivity contribution is 0.222. The van der Waals surface area contributed by atoms with Crippen molar-refractivity contribution in [2.75, 3.05) is 33.9 Å². The Hall–Kier alpha value is -1.95. The molecule has 0 aliphatic rings. The third-order valence-corrected chi connectivity index (χ3v) is 3.01. The van der Waals surface area contributed by atoms with Crippen molar-refractivity contribution in [2.45, 2.75) is 6.92 Å². The fourth-order valence-electron chi connectivity index (χ4n) is 1.80. The molecule has 0 saturated carbocycles. The molecule has 0 radical (unpaired) electrons. The lowest BCUT2D eigenvalue weighted by Crippen LogP contribution is -2.34. The van der Waals surface area contributed by atoms with Gasteiger partial charge in [-0.05, 0) is 19.2 Å². The second kappa shape index (κ2) is 8.27. The van der Waals surface area contributed by atoms with Gasteiger partial charge >= 0.3 is 0 Å². The van der Waals surface area contributed by atoms with Crippen molar-refractivity contribution >= 4 is 5.84 Å². The number of hydrogen-bond donors (Lipinski definition) is 2. The average molecular weight is 281 g/mol. The summed E-state index contributed by atoms with van der Waals surface area (Å²) >= 11 is 0. The summed E-state index contributed by atoms with van der Waals surface area (Å²) in [7, 11) is 3.58. The number of hydrogen-bond acceptors (Lipinski definition) is 5. The fraction of sp³-hybridized carbons (Fsp3) is 0.500. The van der Waals surface area contributed by atoms with E-state index in [0.717, 1.165) is 18.0 Å². The van der Waals surface area contributed by atoms with E-state index >= 15 is 0 Å². The molecular formula is C14H23N3O3. The number of ether oxygens (including phenoxy) is 2. The first-order valence-electron chi connectivity index (χ1n) is 6.50. The van der Waals surface area contributed by atoms with E-state index in [9.17, 15) is 0 Å². The molecular weight excluding hydrogens is 258 g/mol. The number of methoxy groups -OCH3 is 1. The average Bonchev–Trinajstić information content (AvgIpc) is 2.46. The minimum atomic E-state index is -0.00346. The van der Waals surface area contributed by atoms with Gasteiger partial charge < -0.3 is 25.3 Å². The molecule has 0 spiro atoms. The Morgan fingerprint density at radius 3 is 2.65 bits per heavy atom. The van der Waals surface area contributed by atoms with Gasteiger partial charge in [-0.2, -0.15) is 0 Å². The molecule has 0 heterocycles. The lowest BCUT2D eigenvalue weighted by Gasteiger charge is -2.20. The third kappa shape index (κ3) is 4.97. The van der Waals surface area contributed by atoms with Crippen LogP contribution in [0.2, 0.25) is 0 Å². The summed E-state index contributed by atoms with van der Waals surface area (Å²) in [6, 6.07) is 7.54. The Kier molecular flexibility index (Phi) is 6.66. The number of rotatable bonds is 8. The first-order chi connectivity index (χ1) is 9.58. The van der Waals surface area contributed by atoms with Gasteiger partial charge in [-0.3, -0.25) is 0 Å². The summed E-state index contributed by atoms with van der Waals surface area (Å²) in [6.07, 6.45) is 0. The van der Waals surface area contributed by atoms with Crippen molar-refractivity contribution in [3.8, 4) is 11.5 Å². The highest BCUT2D eigenvalue weighted by Crippen LogP contribution is 2.25. The fourth-order valence-corrected chi connectivity index (χ4v) is 1.80. The number of para-hydroxylation sites is 2. The Bertz CT molecular complexity index is 437. The highest BCUT2D eigenvalue weighted by molar-refractivity contribution is 5.82. The highest BCUT2D eigenvalue weighted by Gasteiger charge is 2.11. The van der Waals surface area contributed by atoms with Crippen LogP contribution in [0.5, 0.6) is 11.5 Å². The van der Waals surface area contributed by atoms with Gasteiger partial charge in [0.2, 0.25) is 0 Å². The van der Waals surface area contributed by atoms with Gasteiger partial charge in [-0.1, -0.05) is 24.2 Å². The zero-order chi connectivity index (χ0) is 15.0. The number of nitrogens with two attached hydrogens (primary N) is 1. The van der Waals surface area contributed by atoms with Crippen molar-refractivity contribution in [1.82, 2.24) is 4.90 Å². The van der Waals surface area contributed by atoms with E-state index in [4.69, 9.17) is 20.4 Å². The Morgan fingerprint density at radius 2 is 2.05 bits per heavy atom. The van der Waals surface area contributed by atoms with E-state index in [-0.39, 0.29) is 11.8 Å². The van der Waals surface area contributed by atoms with Gasteiger partial charge in [-0.25, -0.2) is 0 Å². The van der Waals surface area contributed by atoms with Crippen LogP contribution in [0.25, 0.3) is 0 Å². The monoisotopic (exact) mass is 281 g/mol. The maximum Gasteiger partial charge on any atom is 0.161 e. The third-order valence-electron chi connectivity index (χ3n) is 3.01. The van der Waals surface area contributed by atoms with E-state index < -0.39 is 0 Å². The number of likely N-dealkylation sites (N-methyl/N-ethyl adjacent to an activating group) is 1. The van der Waals surface area contributed by atoms with Gasteiger partial charge in [0.05, 0.1) is 7.11 Å². The maximum atomic E-state index is 8.61. The molecule has 0 fully saturated rings. The van der Waals surface area contributed by atoms with Crippen LogP contribution >= 0.6 is 0 Å². The van der Waals surface area contributed by atoms with Gasteiger partial charge in [0.15, 0.2) is 11.5 Å². The molecule has 0 aliphatic carbocycles. The second-order valence-electron chi connectivity index (χ2n) is 4.69. The topological polar surface area (TPSA) is 80.3 Å². The van der Waals surface area contributed by atoms with Crippen LogP contribution in [0.15, 0.2) is 29.4 Å². The summed E-state index contributed by atoms with van der Waals surface area (Å²) in [6.45, 7) is 3.89. The molecule has 0 aliphatic heterocycles. The summed E-state index contributed by atoms with van der Waals surface area (Å²) in [5.41, 5.74) is 5.55. The predicted molar refractivity (Wildman–Crippen MR) is 78.6 cm³/mol. The quantitative estimate of drug-likeness (QED) is 0.326. The number of benzene rings is 1. The number of nitrogens with zero attached hydrogens (tertiary/aromatic N) is 2. The van der Waals surface area contributed by atoms with Crippen LogP contribution in [-0.4, -0.2) is 49.8 Å². The SMILES string of the molecule is COc1ccccc1OCCN(C)CC(C)C(N)=NO. The summed E-state index contributed by atoms with van der Waals surface area (Å²) in [4.78, 5) is 2.07. The number of amidine groups is 1. The molecule has 112 valence electrons. The molecule has 20 heavy (non-hydrogen) atoms. The van der Waals surface area contributed by atoms with Crippen molar-refractivity contribution in [2.24, 2.45) is 16.8 Å². The van der Waals surface area contributed by atoms with E-state index in [2.05, 4.69) is 10.1 Å². The predicted octanol–water partition coefficient (Wildman–Crippen LogP) is 1.39. The minimum absolute atomic E-state index is 0.00346. The largest absolute Gasteiger partial charge is 0.493 e. The van der Waals surface area contributed by atoms with Gasteiger partial charge in [0.25, 0.3) is 0 Å². The molecule has 3 N–H and O–H groups in total. The van der Waals surface area contributed by atoms with E-state index in [1.54, 1.807) is 7.11 Å². The molecule has 1 aromatic rings. The van der Waals surface area contributed by atoms with Crippen LogP contribution in [0, 0.1) is 5.92 Å². The van der Waals surface area contributed by atoms with Crippen LogP contribution in [0.4, 0.5) is 0 Å². The molecule has 1 rings (SSSR count). The molecule has 1 aromatic carbocycles. The van der Waals surface area contributed by atoms with Crippen LogP contribution in [0.3, 0.4) is 0 Å². The summed E-state index contributed by atoms with van der Waals surface area (Å²) in [5.74, 6) is 1.69. The minimum Gasteiger partial charge on any atom is -0.493 e. The maximum absolute atomic E-state index is 8.61. The zero-order valence-electron chi connectivity index (χ0n) is 12.2. The van der Waals surface area contributed by atoms with Crippen LogP contribution in [-0.2, 0) is 0 Å². The van der Waals surface area contributed by atoms with Crippen LogP contribution in [0.1, 0.15) is 6.92 Å². The summed E-state index contributed by atoms with van der Waals surface area (Å²) in [5, 5.41) is 11.6. The van der Waals surface area contributed by atoms with Crippen molar-refractivity contribution < 1.29 is 14.7 Å². The first-order valence-corrected chi connectivity index (χ1v) is 6.50. The second-order valence-corrected chi connectivity index (χ2v) is 4.69. The normalized spacial score (nSPS) is 13.3. The van der Waals surface area contributed by atoms with E-state index in [1.165, 1.54) is 0 Å². The Labute approximate surface area is 119 Å². The van der Waals surface area contributed by atoms with E-state index in [1.807, 2.05) is 38.2 Å². The molecule has 1 unspecified atom stereocenters. The van der Waals surface area contributed by atoms with Gasteiger partial charge in [-0.15, -0.1) is 0 Å². The summed E-state index contributed by atoms with van der Waals surface area (Å²) < 4.78 is 10.9. The van der Waals surface area contributed by atoms with Crippen LogP contribution < -0.4 is 15.2 Å². The molecule has 6 heteroatoms. The molecule has 0 bridgehead atoms.